The lowest BCUT2D eigenvalue weighted by atomic mass is 10.0. The fourth-order valence-corrected chi connectivity index (χ4v) is 4.14. The smallest absolute Gasteiger partial charge is 0.404 e. The van der Waals surface area contributed by atoms with Crippen molar-refractivity contribution in [2.75, 3.05) is 13.1 Å². The summed E-state index contributed by atoms with van der Waals surface area (Å²) in [4.78, 5) is 81.5. The molecule has 40 heavy (non-hydrogen) atoms. The molecule has 224 valence electrons. The van der Waals surface area contributed by atoms with Crippen molar-refractivity contribution in [1.29, 1.82) is 0 Å². The van der Waals surface area contributed by atoms with Crippen LogP contribution in [0.15, 0.2) is 24.3 Å². The Morgan fingerprint density at radius 3 is 2.08 bits per heavy atom. The largest absolute Gasteiger partial charge is 0.524 e. The second-order valence-corrected chi connectivity index (χ2v) is 10.9. The standard InChI is InChI=1S/C25H40N5O9P/c1-6-7-12-30(14-21(26)32)25(35)16(4)27-24(34)22(15(2)3)29-23(33)20(28-17(5)31)13-18-8-10-19(11-9-18)39-40(36,37)38/h8-11,15-16,20,22H,6-7,12-14H2,1-5H3,(H2,26,32)(H,27,34)(H,28,31)(H,29,33)(H2,36,37,38)/t16-,20-,22-/m0/s1. The third-order valence-corrected chi connectivity index (χ3v) is 6.15. The summed E-state index contributed by atoms with van der Waals surface area (Å²) in [6.45, 7) is 8.04. The summed E-state index contributed by atoms with van der Waals surface area (Å²) in [6.07, 6.45) is 1.43. The second kappa shape index (κ2) is 15.9. The van der Waals surface area contributed by atoms with Gasteiger partial charge in [-0.1, -0.05) is 39.3 Å². The molecule has 0 radical (unpaired) electrons. The van der Waals surface area contributed by atoms with Crippen molar-refractivity contribution >= 4 is 37.4 Å². The van der Waals surface area contributed by atoms with Crippen LogP contribution < -0.4 is 26.2 Å². The number of benzene rings is 1. The minimum atomic E-state index is -4.74. The topological polar surface area (TPSA) is 217 Å². The van der Waals surface area contributed by atoms with Crippen molar-refractivity contribution in [2.45, 2.75) is 72.0 Å². The highest BCUT2D eigenvalue weighted by Gasteiger charge is 2.31. The van der Waals surface area contributed by atoms with E-state index in [9.17, 15) is 28.5 Å². The lowest BCUT2D eigenvalue weighted by molar-refractivity contribution is -0.139. The first-order valence-electron chi connectivity index (χ1n) is 12.8. The Morgan fingerprint density at radius 1 is 1.00 bits per heavy atom. The maximum atomic E-state index is 13.2. The fraction of sp³-hybridized carbons (Fsp3) is 0.560. The number of carbonyl (C=O) groups excluding carboxylic acids is 5. The Bertz CT molecular complexity index is 1090. The Balaban J connectivity index is 2.99. The number of nitrogens with two attached hydrogens (primary N) is 1. The summed E-state index contributed by atoms with van der Waals surface area (Å²) in [7, 11) is -4.74. The van der Waals surface area contributed by atoms with E-state index in [4.69, 9.17) is 15.5 Å². The molecule has 0 saturated heterocycles. The van der Waals surface area contributed by atoms with Gasteiger partial charge in [-0.05, 0) is 37.0 Å². The van der Waals surface area contributed by atoms with E-state index in [0.717, 1.165) is 6.42 Å². The predicted molar refractivity (Wildman–Crippen MR) is 145 cm³/mol. The zero-order valence-electron chi connectivity index (χ0n) is 23.4. The quantitative estimate of drug-likeness (QED) is 0.143. The van der Waals surface area contributed by atoms with Gasteiger partial charge in [-0.15, -0.1) is 0 Å². The summed E-state index contributed by atoms with van der Waals surface area (Å²) in [6, 6.07) is 2.43. The molecule has 5 amide bonds. The maximum Gasteiger partial charge on any atom is 0.524 e. The molecule has 0 aromatic heterocycles. The Morgan fingerprint density at radius 2 is 1.60 bits per heavy atom. The summed E-state index contributed by atoms with van der Waals surface area (Å²) >= 11 is 0. The Hall–Kier alpha value is -3.48. The highest BCUT2D eigenvalue weighted by Crippen LogP contribution is 2.37. The predicted octanol–water partition coefficient (Wildman–Crippen LogP) is -0.0352. The number of rotatable bonds is 16. The first-order chi connectivity index (χ1) is 18.5. The van der Waals surface area contributed by atoms with Crippen molar-refractivity contribution in [1.82, 2.24) is 20.9 Å². The molecule has 0 unspecified atom stereocenters. The molecule has 0 aliphatic heterocycles. The van der Waals surface area contributed by atoms with Crippen LogP contribution in [-0.4, -0.2) is 75.4 Å². The van der Waals surface area contributed by atoms with Crippen molar-refractivity contribution < 1.29 is 42.8 Å². The van der Waals surface area contributed by atoms with E-state index in [-0.39, 0.29) is 18.7 Å². The number of nitrogens with zero attached hydrogens (tertiary/aromatic N) is 1. The van der Waals surface area contributed by atoms with Gasteiger partial charge in [0.2, 0.25) is 29.5 Å². The number of primary amides is 1. The molecule has 15 heteroatoms. The number of unbranched alkanes of at least 4 members (excludes halogenated alkanes) is 1. The Labute approximate surface area is 233 Å². The molecule has 0 saturated carbocycles. The SMILES string of the molecule is CCCCN(CC(N)=O)C(=O)[C@H](C)NC(=O)[C@@H](NC(=O)[C@H](Cc1ccc(OP(=O)(O)O)cc1)NC(C)=O)C(C)C. The molecule has 0 spiro atoms. The average molecular weight is 586 g/mol. The van der Waals surface area contributed by atoms with Gasteiger partial charge in [0, 0.05) is 19.9 Å². The molecule has 3 atom stereocenters. The third-order valence-electron chi connectivity index (χ3n) is 5.70. The van der Waals surface area contributed by atoms with Gasteiger partial charge in [-0.25, -0.2) is 4.57 Å². The van der Waals surface area contributed by atoms with Crippen molar-refractivity contribution in [3.63, 3.8) is 0 Å². The molecule has 0 fully saturated rings. The maximum absolute atomic E-state index is 13.2. The van der Waals surface area contributed by atoms with Crippen molar-refractivity contribution in [2.24, 2.45) is 11.7 Å². The van der Waals surface area contributed by atoms with Crippen molar-refractivity contribution in [3.05, 3.63) is 29.8 Å². The van der Waals surface area contributed by atoms with Gasteiger partial charge in [0.05, 0.1) is 6.54 Å². The van der Waals surface area contributed by atoms with Crippen LogP contribution in [0.3, 0.4) is 0 Å². The average Bonchev–Trinajstić information content (AvgIpc) is 2.83. The van der Waals surface area contributed by atoms with Gasteiger partial charge in [0.1, 0.15) is 23.9 Å². The monoisotopic (exact) mass is 585 g/mol. The number of amides is 5. The first-order valence-corrected chi connectivity index (χ1v) is 14.4. The number of hydrogen-bond acceptors (Lipinski definition) is 7. The van der Waals surface area contributed by atoms with E-state index in [1.165, 1.54) is 43.0 Å². The number of nitrogens with one attached hydrogen (secondary N) is 3. The van der Waals surface area contributed by atoms with E-state index in [2.05, 4.69) is 20.5 Å². The van der Waals surface area contributed by atoms with E-state index in [0.29, 0.717) is 18.5 Å². The molecule has 0 bridgehead atoms. The van der Waals surface area contributed by atoms with Gasteiger partial charge in [0.25, 0.3) is 0 Å². The minimum absolute atomic E-state index is 0.00241. The van der Waals surface area contributed by atoms with Gasteiger partial charge in [0.15, 0.2) is 0 Å². The van der Waals surface area contributed by atoms with E-state index in [1.54, 1.807) is 13.8 Å². The highest BCUT2D eigenvalue weighted by molar-refractivity contribution is 7.46. The van der Waals surface area contributed by atoms with Gasteiger partial charge >= 0.3 is 7.82 Å². The number of phosphoric acid groups is 1. The van der Waals surface area contributed by atoms with Crippen LogP contribution in [0, 0.1) is 5.92 Å². The van der Waals surface area contributed by atoms with E-state index in [1.807, 2.05) is 6.92 Å². The van der Waals surface area contributed by atoms with Gasteiger partial charge < -0.3 is 31.1 Å². The van der Waals surface area contributed by atoms with E-state index < -0.39 is 61.4 Å². The van der Waals surface area contributed by atoms with Crippen LogP contribution >= 0.6 is 7.82 Å². The number of carbonyl (C=O) groups is 5. The molecule has 1 rings (SSSR count). The van der Waals surface area contributed by atoms with Crippen LogP contribution in [0.4, 0.5) is 0 Å². The lowest BCUT2D eigenvalue weighted by Crippen LogP contribution is -2.58. The minimum Gasteiger partial charge on any atom is -0.404 e. The van der Waals surface area contributed by atoms with Crippen LogP contribution in [-0.2, 0) is 35.0 Å². The molecule has 0 heterocycles. The molecular weight excluding hydrogens is 545 g/mol. The summed E-state index contributed by atoms with van der Waals surface area (Å²) < 4.78 is 15.5. The molecule has 0 aliphatic carbocycles. The highest BCUT2D eigenvalue weighted by atomic mass is 31.2. The molecule has 1 aromatic carbocycles. The third kappa shape index (κ3) is 12.6. The summed E-state index contributed by atoms with van der Waals surface area (Å²) in [5.74, 6) is -3.42. The zero-order valence-corrected chi connectivity index (χ0v) is 24.3. The Kier molecular flexibility index (Phi) is 13.8. The molecule has 0 aliphatic rings. The number of hydrogen-bond donors (Lipinski definition) is 6. The van der Waals surface area contributed by atoms with Gasteiger partial charge in [-0.3, -0.25) is 33.8 Å². The first kappa shape index (κ1) is 34.5. The molecule has 1 aromatic rings. The number of phosphoric ester groups is 1. The molecule has 7 N–H and O–H groups in total. The summed E-state index contributed by atoms with van der Waals surface area (Å²) in [5, 5.41) is 7.75. The molecular formula is C25H40N5O9P. The zero-order chi connectivity index (χ0) is 30.6. The second-order valence-electron chi connectivity index (χ2n) is 9.72. The van der Waals surface area contributed by atoms with Gasteiger partial charge in [-0.2, -0.15) is 0 Å². The van der Waals surface area contributed by atoms with E-state index >= 15 is 0 Å². The van der Waals surface area contributed by atoms with Crippen molar-refractivity contribution in [3.8, 4) is 5.75 Å². The van der Waals surface area contributed by atoms with Crippen LogP contribution in [0.25, 0.3) is 0 Å². The lowest BCUT2D eigenvalue weighted by Gasteiger charge is -2.28. The summed E-state index contributed by atoms with van der Waals surface area (Å²) in [5.41, 5.74) is 5.80. The van der Waals surface area contributed by atoms with Crippen LogP contribution in [0.2, 0.25) is 0 Å². The molecule has 14 nitrogen and oxygen atoms in total. The van der Waals surface area contributed by atoms with Crippen LogP contribution in [0.1, 0.15) is 53.0 Å². The fourth-order valence-electron chi connectivity index (χ4n) is 3.75. The van der Waals surface area contributed by atoms with Crippen LogP contribution in [0.5, 0.6) is 5.75 Å². The normalized spacial score (nSPS) is 13.5.